The normalized spacial score (nSPS) is 14.2. The van der Waals surface area contributed by atoms with Gasteiger partial charge in [0.1, 0.15) is 12.5 Å². The van der Waals surface area contributed by atoms with Gasteiger partial charge >= 0.3 is 6.36 Å². The summed E-state index contributed by atoms with van der Waals surface area (Å²) >= 11 is 0. The third-order valence-electron chi connectivity index (χ3n) is 3.93. The second-order valence-corrected chi connectivity index (χ2v) is 6.13. The highest BCUT2D eigenvalue weighted by Gasteiger charge is 2.31. The van der Waals surface area contributed by atoms with Gasteiger partial charge in [-0.15, -0.1) is 13.2 Å². The quantitative estimate of drug-likeness (QED) is 0.813. The van der Waals surface area contributed by atoms with Crippen LogP contribution in [-0.4, -0.2) is 47.0 Å². The van der Waals surface area contributed by atoms with Crippen molar-refractivity contribution in [2.24, 2.45) is 0 Å². The molecule has 0 saturated carbocycles. The van der Waals surface area contributed by atoms with E-state index in [9.17, 15) is 18.0 Å². The third kappa shape index (κ3) is 5.79. The minimum atomic E-state index is -4.86. The Morgan fingerprint density at radius 1 is 1.31 bits per heavy atom. The number of carbonyl (C=O) groups excluding carboxylic acids is 1. The van der Waals surface area contributed by atoms with Crippen LogP contribution in [0.4, 0.5) is 19.1 Å². The fraction of sp³-hybridized carbons (Fsp3) is 0.333. The zero-order valence-electron chi connectivity index (χ0n) is 15.1. The number of hydrogen-bond donors (Lipinski definition) is 1. The first-order chi connectivity index (χ1) is 13.8. The van der Waals surface area contributed by atoms with E-state index in [0.717, 1.165) is 18.6 Å². The van der Waals surface area contributed by atoms with E-state index < -0.39 is 12.1 Å². The van der Waals surface area contributed by atoms with Crippen LogP contribution in [0.3, 0.4) is 0 Å². The smallest absolute Gasteiger partial charge is 0.406 e. The fourth-order valence-electron chi connectivity index (χ4n) is 2.67. The number of nitrogens with zero attached hydrogens (tertiary/aromatic N) is 4. The Morgan fingerprint density at radius 3 is 2.69 bits per heavy atom. The maximum Gasteiger partial charge on any atom is 0.573 e. The van der Waals surface area contributed by atoms with Crippen LogP contribution in [0.2, 0.25) is 0 Å². The molecule has 152 valence electrons. The molecule has 1 fully saturated rings. The van der Waals surface area contributed by atoms with Gasteiger partial charge in [-0.3, -0.25) is 4.79 Å². The summed E-state index contributed by atoms with van der Waals surface area (Å²) in [6, 6.07) is 5.37. The van der Waals surface area contributed by atoms with Gasteiger partial charge in [0.05, 0.1) is 23.8 Å². The molecule has 0 atom stereocenters. The Balaban J connectivity index is 1.64. The van der Waals surface area contributed by atoms with Crippen molar-refractivity contribution in [1.29, 1.82) is 5.26 Å². The molecule has 1 N–H and O–H groups in total. The van der Waals surface area contributed by atoms with Crippen molar-refractivity contribution in [3.05, 3.63) is 47.3 Å². The van der Waals surface area contributed by atoms with Crippen molar-refractivity contribution < 1.29 is 27.4 Å². The van der Waals surface area contributed by atoms with E-state index in [-0.39, 0.29) is 30.7 Å². The van der Waals surface area contributed by atoms with E-state index in [2.05, 4.69) is 20.0 Å². The number of alkyl halides is 3. The van der Waals surface area contributed by atoms with Crippen LogP contribution in [0.25, 0.3) is 0 Å². The summed E-state index contributed by atoms with van der Waals surface area (Å²) in [5, 5.41) is 11.8. The molecule has 1 aliphatic heterocycles. The van der Waals surface area contributed by atoms with E-state index in [4.69, 9.17) is 10.00 Å². The molecule has 8 nitrogen and oxygen atoms in total. The van der Waals surface area contributed by atoms with Gasteiger partial charge in [-0.1, -0.05) is 0 Å². The van der Waals surface area contributed by atoms with Crippen molar-refractivity contribution >= 4 is 11.9 Å². The lowest BCUT2D eigenvalue weighted by Crippen LogP contribution is -2.38. The minimum Gasteiger partial charge on any atom is -0.406 e. The van der Waals surface area contributed by atoms with Crippen LogP contribution in [0, 0.1) is 11.3 Å². The van der Waals surface area contributed by atoms with Crippen LogP contribution in [-0.2, 0) is 11.3 Å². The number of ether oxygens (including phenoxy) is 2. The summed E-state index contributed by atoms with van der Waals surface area (Å²) in [4.78, 5) is 22.0. The highest BCUT2D eigenvalue weighted by atomic mass is 19.4. The van der Waals surface area contributed by atoms with Crippen LogP contribution in [0.1, 0.15) is 27.9 Å². The molecule has 0 bridgehead atoms. The molecule has 0 aliphatic carbocycles. The number of anilines is 1. The first-order valence-corrected chi connectivity index (χ1v) is 8.57. The fourth-order valence-corrected chi connectivity index (χ4v) is 2.67. The van der Waals surface area contributed by atoms with Crippen molar-refractivity contribution in [2.45, 2.75) is 19.3 Å². The van der Waals surface area contributed by atoms with Gasteiger partial charge in [0.2, 0.25) is 5.95 Å². The SMILES string of the molecule is N#Cc1cc(CNc2ncc(C(=O)N3CCCOC3)cn2)cc(OC(F)(F)F)c1. The highest BCUT2D eigenvalue weighted by molar-refractivity contribution is 5.93. The zero-order chi connectivity index (χ0) is 20.9. The van der Waals surface area contributed by atoms with E-state index in [0.29, 0.717) is 24.3 Å². The van der Waals surface area contributed by atoms with Crippen molar-refractivity contribution in [1.82, 2.24) is 14.9 Å². The van der Waals surface area contributed by atoms with Crippen LogP contribution in [0.5, 0.6) is 5.75 Å². The first-order valence-electron chi connectivity index (χ1n) is 8.57. The van der Waals surface area contributed by atoms with Crippen LogP contribution < -0.4 is 10.1 Å². The molecule has 2 heterocycles. The third-order valence-corrected chi connectivity index (χ3v) is 3.93. The Bertz CT molecular complexity index is 906. The number of amides is 1. The Labute approximate surface area is 163 Å². The van der Waals surface area contributed by atoms with Gasteiger partial charge in [0, 0.05) is 25.5 Å². The largest absolute Gasteiger partial charge is 0.573 e. The molecule has 29 heavy (non-hydrogen) atoms. The predicted molar refractivity (Wildman–Crippen MR) is 93.7 cm³/mol. The molecular weight excluding hydrogens is 391 g/mol. The summed E-state index contributed by atoms with van der Waals surface area (Å²) in [5.74, 6) is -0.553. The number of carbonyl (C=O) groups is 1. The molecule has 11 heteroatoms. The van der Waals surface area contributed by atoms with E-state index in [1.807, 2.05) is 0 Å². The van der Waals surface area contributed by atoms with Gasteiger partial charge < -0.3 is 19.7 Å². The molecule has 0 spiro atoms. The minimum absolute atomic E-state index is 0.0224. The van der Waals surface area contributed by atoms with Crippen molar-refractivity contribution in [3.8, 4) is 11.8 Å². The average molecular weight is 407 g/mol. The maximum atomic E-state index is 12.4. The molecule has 0 unspecified atom stereocenters. The summed E-state index contributed by atoms with van der Waals surface area (Å²) in [6.45, 7) is 1.48. The number of benzene rings is 1. The molecule has 1 amide bonds. The van der Waals surface area contributed by atoms with E-state index in [1.54, 1.807) is 11.0 Å². The summed E-state index contributed by atoms with van der Waals surface area (Å²) < 4.78 is 46.4. The lowest BCUT2D eigenvalue weighted by Gasteiger charge is -2.26. The first kappa shape index (κ1) is 20.3. The lowest BCUT2D eigenvalue weighted by atomic mass is 10.1. The highest BCUT2D eigenvalue weighted by Crippen LogP contribution is 2.25. The molecule has 1 aromatic carbocycles. The van der Waals surface area contributed by atoms with Crippen LogP contribution in [0.15, 0.2) is 30.6 Å². The van der Waals surface area contributed by atoms with Gasteiger partial charge in [0.25, 0.3) is 5.91 Å². The molecular formula is C18H16F3N5O3. The Hall–Kier alpha value is -3.39. The number of rotatable bonds is 5. The van der Waals surface area contributed by atoms with Gasteiger partial charge in [-0.05, 0) is 30.2 Å². The second kappa shape index (κ2) is 8.74. The topological polar surface area (TPSA) is 100 Å². The molecule has 0 radical (unpaired) electrons. The lowest BCUT2D eigenvalue weighted by molar-refractivity contribution is -0.274. The monoisotopic (exact) mass is 407 g/mol. The number of nitrogens with one attached hydrogen (secondary N) is 1. The number of hydrogen-bond acceptors (Lipinski definition) is 7. The molecule has 1 aliphatic rings. The van der Waals surface area contributed by atoms with Gasteiger partial charge in [-0.2, -0.15) is 5.26 Å². The summed E-state index contributed by atoms with van der Waals surface area (Å²) in [6.07, 6.45) is -1.38. The molecule has 2 aromatic rings. The summed E-state index contributed by atoms with van der Waals surface area (Å²) in [5.41, 5.74) is 0.695. The number of halogens is 3. The van der Waals surface area contributed by atoms with Crippen molar-refractivity contribution in [3.63, 3.8) is 0 Å². The average Bonchev–Trinajstić information content (AvgIpc) is 2.71. The predicted octanol–water partition coefficient (Wildman–Crippen LogP) is 2.68. The van der Waals surface area contributed by atoms with E-state index >= 15 is 0 Å². The molecule has 1 aromatic heterocycles. The number of nitriles is 1. The molecule has 3 rings (SSSR count). The van der Waals surface area contributed by atoms with E-state index in [1.165, 1.54) is 18.5 Å². The standard InChI is InChI=1S/C18H16F3N5O3/c19-18(20,21)29-15-5-12(7-22)4-13(6-15)8-23-17-24-9-14(10-25-17)16(27)26-2-1-3-28-11-26/h4-6,9-10H,1-3,8,11H2,(H,23,24,25). The Kier molecular flexibility index (Phi) is 6.13. The van der Waals surface area contributed by atoms with Crippen LogP contribution >= 0.6 is 0 Å². The second-order valence-electron chi connectivity index (χ2n) is 6.13. The maximum absolute atomic E-state index is 12.4. The molecule has 1 saturated heterocycles. The Morgan fingerprint density at radius 2 is 2.07 bits per heavy atom. The van der Waals surface area contributed by atoms with Gasteiger partial charge in [-0.25, -0.2) is 9.97 Å². The zero-order valence-corrected chi connectivity index (χ0v) is 15.1. The van der Waals surface area contributed by atoms with Crippen molar-refractivity contribution in [2.75, 3.05) is 25.2 Å². The van der Waals surface area contributed by atoms with Gasteiger partial charge in [0.15, 0.2) is 0 Å². The number of aromatic nitrogens is 2. The summed E-state index contributed by atoms with van der Waals surface area (Å²) in [7, 11) is 0.